The summed E-state index contributed by atoms with van der Waals surface area (Å²) in [4.78, 5) is 15.2. The van der Waals surface area contributed by atoms with E-state index in [2.05, 4.69) is 170 Å². The zero-order valence-corrected chi connectivity index (χ0v) is 34.3. The molecule has 0 N–H and O–H groups in total. The number of aromatic nitrogens is 3. The highest BCUT2D eigenvalue weighted by Gasteiger charge is 2.51. The average molecular weight is 806 g/mol. The van der Waals surface area contributed by atoms with Crippen LogP contribution in [0.2, 0.25) is 0 Å². The fourth-order valence-electron chi connectivity index (χ4n) is 10.3. The van der Waals surface area contributed by atoms with Crippen LogP contribution in [0.4, 0.5) is 0 Å². The molecule has 3 nitrogen and oxygen atoms in total. The molecular weight excluding hydrogens is 771 g/mol. The number of benzene rings is 8. The zero-order chi connectivity index (χ0) is 40.8. The van der Waals surface area contributed by atoms with E-state index in [4.69, 9.17) is 15.0 Å². The van der Waals surface area contributed by atoms with Gasteiger partial charge in [-0.1, -0.05) is 176 Å². The number of hydrogen-bond donors (Lipinski definition) is 0. The molecular formula is C58H35N3S. The van der Waals surface area contributed by atoms with Gasteiger partial charge in [-0.2, -0.15) is 0 Å². The molecule has 0 radical (unpaired) electrons. The molecule has 0 aliphatic heterocycles. The first-order valence-electron chi connectivity index (χ1n) is 21.1. The molecule has 1 spiro atoms. The Morgan fingerprint density at radius 2 is 0.855 bits per heavy atom. The summed E-state index contributed by atoms with van der Waals surface area (Å²) in [5.74, 6) is 0.692. The van der Waals surface area contributed by atoms with Crippen molar-refractivity contribution in [2.75, 3.05) is 0 Å². The van der Waals surface area contributed by atoms with Crippen molar-refractivity contribution >= 4 is 31.5 Å². The molecule has 2 aliphatic rings. The van der Waals surface area contributed by atoms with Crippen molar-refractivity contribution < 1.29 is 0 Å². The van der Waals surface area contributed by atoms with Crippen molar-refractivity contribution in [3.63, 3.8) is 0 Å². The van der Waals surface area contributed by atoms with Gasteiger partial charge >= 0.3 is 0 Å². The third-order valence-electron chi connectivity index (χ3n) is 13.0. The minimum atomic E-state index is -0.380. The third-order valence-corrected chi connectivity index (χ3v) is 14.1. The summed E-state index contributed by atoms with van der Waals surface area (Å²) in [5, 5.41) is 2.40. The Morgan fingerprint density at radius 1 is 0.355 bits per heavy atom. The van der Waals surface area contributed by atoms with E-state index < -0.39 is 0 Å². The fraction of sp³-hybridized carbons (Fsp3) is 0.0172. The minimum Gasteiger partial charge on any atom is -0.256 e. The first kappa shape index (κ1) is 35.0. The lowest BCUT2D eigenvalue weighted by Crippen LogP contribution is -2.25. The van der Waals surface area contributed by atoms with Crippen LogP contribution < -0.4 is 0 Å². The zero-order valence-electron chi connectivity index (χ0n) is 33.5. The van der Waals surface area contributed by atoms with Crippen LogP contribution in [0.25, 0.3) is 98.7 Å². The van der Waals surface area contributed by atoms with Gasteiger partial charge in [0, 0.05) is 48.6 Å². The highest BCUT2D eigenvalue weighted by molar-refractivity contribution is 7.25. The molecule has 3 heterocycles. The van der Waals surface area contributed by atoms with E-state index in [9.17, 15) is 0 Å². The van der Waals surface area contributed by atoms with Gasteiger partial charge in [0.05, 0.1) is 22.5 Å². The quantitative estimate of drug-likeness (QED) is 0.174. The van der Waals surface area contributed by atoms with Crippen molar-refractivity contribution in [2.24, 2.45) is 0 Å². The third kappa shape index (κ3) is 5.14. The SMILES string of the molecule is c1ccc(-c2cc(-c3ccccc3)nc(-c3ccc(-c4nccc5sc6ccc(-c7ccc8c(c7)C7(c9ccccc9-c9ccccc97)c7ccccc7-8)cc6c45)cc3)n2)cc1. The highest BCUT2D eigenvalue weighted by Crippen LogP contribution is 2.63. The van der Waals surface area contributed by atoms with Gasteiger partial charge < -0.3 is 0 Å². The molecule has 62 heavy (non-hydrogen) atoms. The minimum absolute atomic E-state index is 0.380. The predicted octanol–water partition coefficient (Wildman–Crippen LogP) is 14.9. The van der Waals surface area contributed by atoms with Crippen molar-refractivity contribution in [3.05, 3.63) is 235 Å². The summed E-state index contributed by atoms with van der Waals surface area (Å²) in [6.45, 7) is 0. The molecule has 13 rings (SSSR count). The number of fused-ring (bicyclic) bond motifs is 13. The molecule has 8 aromatic carbocycles. The summed E-state index contributed by atoms with van der Waals surface area (Å²) >= 11 is 1.82. The molecule has 0 amide bonds. The maximum Gasteiger partial charge on any atom is 0.160 e. The van der Waals surface area contributed by atoms with Crippen LogP contribution in [0.15, 0.2) is 212 Å². The molecule has 0 fully saturated rings. The molecule has 11 aromatic rings. The normalized spacial score (nSPS) is 13.0. The van der Waals surface area contributed by atoms with Crippen molar-refractivity contribution in [1.29, 1.82) is 0 Å². The molecule has 0 saturated heterocycles. The fourth-order valence-corrected chi connectivity index (χ4v) is 11.3. The average Bonchev–Trinajstić information content (AvgIpc) is 3.98. The van der Waals surface area contributed by atoms with Crippen LogP contribution in [0.3, 0.4) is 0 Å². The molecule has 288 valence electrons. The second-order valence-corrected chi connectivity index (χ2v) is 17.3. The van der Waals surface area contributed by atoms with Gasteiger partial charge in [0.25, 0.3) is 0 Å². The smallest absolute Gasteiger partial charge is 0.160 e. The van der Waals surface area contributed by atoms with Crippen LogP contribution in [0.5, 0.6) is 0 Å². The molecule has 4 heteroatoms. The monoisotopic (exact) mass is 805 g/mol. The van der Waals surface area contributed by atoms with Crippen LogP contribution in [0, 0.1) is 0 Å². The van der Waals surface area contributed by atoms with Gasteiger partial charge in [-0.25, -0.2) is 9.97 Å². The topological polar surface area (TPSA) is 38.7 Å². The van der Waals surface area contributed by atoms with Crippen LogP contribution in [-0.2, 0) is 5.41 Å². The maximum absolute atomic E-state index is 5.08. The summed E-state index contributed by atoms with van der Waals surface area (Å²) in [6, 6.07) is 74.6. The van der Waals surface area contributed by atoms with E-state index in [1.807, 2.05) is 53.9 Å². The first-order valence-corrected chi connectivity index (χ1v) is 21.9. The number of rotatable bonds is 5. The van der Waals surface area contributed by atoms with Crippen molar-refractivity contribution in [1.82, 2.24) is 15.0 Å². The summed E-state index contributed by atoms with van der Waals surface area (Å²) in [5.41, 5.74) is 19.6. The van der Waals surface area contributed by atoms with Gasteiger partial charge in [0.1, 0.15) is 0 Å². The maximum atomic E-state index is 5.08. The summed E-state index contributed by atoms with van der Waals surface area (Å²) < 4.78 is 2.47. The highest BCUT2D eigenvalue weighted by atomic mass is 32.1. The Bertz CT molecular complexity index is 3450. The van der Waals surface area contributed by atoms with Crippen LogP contribution in [0.1, 0.15) is 22.3 Å². The van der Waals surface area contributed by atoms with Gasteiger partial charge in [0.2, 0.25) is 0 Å². The Labute approximate surface area is 363 Å². The first-order chi connectivity index (χ1) is 30.7. The van der Waals surface area contributed by atoms with Crippen molar-refractivity contribution in [2.45, 2.75) is 5.41 Å². The van der Waals surface area contributed by atoms with E-state index in [1.54, 1.807) is 0 Å². The Kier molecular flexibility index (Phi) is 7.69. The summed E-state index contributed by atoms with van der Waals surface area (Å²) in [7, 11) is 0. The molecule has 3 aromatic heterocycles. The van der Waals surface area contributed by atoms with E-state index in [-0.39, 0.29) is 5.41 Å². The second kappa shape index (κ2) is 13.6. The molecule has 0 unspecified atom stereocenters. The van der Waals surface area contributed by atoms with Gasteiger partial charge in [0.15, 0.2) is 5.82 Å². The van der Waals surface area contributed by atoms with Crippen molar-refractivity contribution in [3.8, 4) is 78.5 Å². The van der Waals surface area contributed by atoms with Crippen LogP contribution >= 0.6 is 11.3 Å². The Morgan fingerprint density at radius 3 is 1.47 bits per heavy atom. The predicted molar refractivity (Wildman–Crippen MR) is 256 cm³/mol. The molecule has 0 saturated carbocycles. The lowest BCUT2D eigenvalue weighted by Gasteiger charge is -2.30. The van der Waals surface area contributed by atoms with E-state index >= 15 is 0 Å². The van der Waals surface area contributed by atoms with E-state index in [1.165, 1.54) is 75.8 Å². The van der Waals surface area contributed by atoms with Gasteiger partial charge in [-0.15, -0.1) is 11.3 Å². The number of nitrogens with zero attached hydrogens (tertiary/aromatic N) is 3. The summed E-state index contributed by atoms with van der Waals surface area (Å²) in [6.07, 6.45) is 1.94. The Balaban J connectivity index is 0.925. The Hall–Kier alpha value is -7.79. The van der Waals surface area contributed by atoms with Gasteiger partial charge in [-0.05, 0) is 86.0 Å². The standard InChI is InChI=1S/C58H35N3S/c1-3-13-36(14-4-1)51-35-52(37-15-5-2-6-16-37)61-57(60-51)39-25-23-38(24-26-39)56-55-46-33-40(28-30-53(46)62-54(55)31-32-59-56)41-27-29-45-44-19-9-12-22-49(44)58(50(45)34-41)47-20-10-7-17-42(47)43-18-8-11-21-48(43)58/h1-35H. The number of thiophene rings is 1. The molecule has 0 atom stereocenters. The van der Waals surface area contributed by atoms with Crippen LogP contribution in [-0.4, -0.2) is 15.0 Å². The second-order valence-electron chi connectivity index (χ2n) is 16.3. The lowest BCUT2D eigenvalue weighted by molar-refractivity contribution is 0.794. The van der Waals surface area contributed by atoms with E-state index in [0.717, 1.165) is 39.3 Å². The number of pyridine rings is 1. The molecule has 0 bridgehead atoms. The van der Waals surface area contributed by atoms with E-state index in [0.29, 0.717) is 5.82 Å². The molecule has 2 aliphatic carbocycles. The lowest BCUT2D eigenvalue weighted by atomic mass is 9.70. The number of hydrogen-bond acceptors (Lipinski definition) is 4. The largest absolute Gasteiger partial charge is 0.256 e. The van der Waals surface area contributed by atoms with Gasteiger partial charge in [-0.3, -0.25) is 4.98 Å².